The minimum Gasteiger partial charge on any atom is -0.395 e. The van der Waals surface area contributed by atoms with Crippen LogP contribution in [0.1, 0.15) is 6.42 Å². The van der Waals surface area contributed by atoms with Crippen molar-refractivity contribution in [3.05, 3.63) is 18.5 Å². The number of β-amino-alcohol motifs (C(OH)–C–C–N with tert-alkyl or cyclic N) is 1. The number of aromatic nitrogens is 2. The van der Waals surface area contributed by atoms with Crippen molar-refractivity contribution in [2.24, 2.45) is 0 Å². The average Bonchev–Trinajstić information content (AvgIpc) is 2.75. The van der Waals surface area contributed by atoms with Gasteiger partial charge in [0.15, 0.2) is 0 Å². The van der Waals surface area contributed by atoms with Gasteiger partial charge in [-0.1, -0.05) is 0 Å². The summed E-state index contributed by atoms with van der Waals surface area (Å²) in [5.41, 5.74) is 0. The predicted molar refractivity (Wildman–Crippen MR) is 66.8 cm³/mol. The zero-order valence-electron chi connectivity index (χ0n) is 10.3. The standard InChI is InChI=1S/C12H22N4O/c17-12-11-15-5-2-4-14(7-8-15)9-10-16-6-1-3-13-16/h1,3,6,17H,2,4-5,7-12H2. The van der Waals surface area contributed by atoms with Crippen LogP contribution >= 0.6 is 0 Å². The first-order chi connectivity index (χ1) is 8.38. The van der Waals surface area contributed by atoms with Crippen LogP contribution in [-0.4, -0.2) is 70.6 Å². The molecule has 0 radical (unpaired) electrons. The number of nitrogens with zero attached hydrogens (tertiary/aromatic N) is 4. The van der Waals surface area contributed by atoms with Crippen molar-refractivity contribution in [2.45, 2.75) is 13.0 Å². The highest BCUT2D eigenvalue weighted by Crippen LogP contribution is 2.02. The number of aliphatic hydroxyl groups is 1. The van der Waals surface area contributed by atoms with Crippen LogP contribution in [0.2, 0.25) is 0 Å². The Bertz CT molecular complexity index is 301. The normalized spacial score (nSPS) is 19.4. The van der Waals surface area contributed by atoms with Crippen LogP contribution in [0.5, 0.6) is 0 Å². The summed E-state index contributed by atoms with van der Waals surface area (Å²) in [5, 5.41) is 13.2. The van der Waals surface area contributed by atoms with Crippen molar-refractivity contribution in [3.8, 4) is 0 Å². The van der Waals surface area contributed by atoms with E-state index >= 15 is 0 Å². The number of hydrogen-bond donors (Lipinski definition) is 1. The molecule has 0 aliphatic carbocycles. The van der Waals surface area contributed by atoms with Gasteiger partial charge in [0.2, 0.25) is 0 Å². The van der Waals surface area contributed by atoms with Crippen LogP contribution in [-0.2, 0) is 6.54 Å². The Morgan fingerprint density at radius 3 is 2.41 bits per heavy atom. The van der Waals surface area contributed by atoms with Crippen molar-refractivity contribution in [1.29, 1.82) is 0 Å². The highest BCUT2D eigenvalue weighted by molar-refractivity contribution is 4.78. The lowest BCUT2D eigenvalue weighted by molar-refractivity contribution is 0.195. The van der Waals surface area contributed by atoms with E-state index in [0.29, 0.717) is 0 Å². The maximum Gasteiger partial charge on any atom is 0.0558 e. The van der Waals surface area contributed by atoms with E-state index in [0.717, 1.165) is 45.8 Å². The van der Waals surface area contributed by atoms with Crippen LogP contribution < -0.4 is 0 Å². The average molecular weight is 238 g/mol. The van der Waals surface area contributed by atoms with Gasteiger partial charge in [-0.05, 0) is 25.6 Å². The van der Waals surface area contributed by atoms with E-state index < -0.39 is 0 Å². The summed E-state index contributed by atoms with van der Waals surface area (Å²) in [7, 11) is 0. The maximum atomic E-state index is 8.94. The van der Waals surface area contributed by atoms with Gasteiger partial charge in [-0.25, -0.2) is 0 Å². The van der Waals surface area contributed by atoms with Crippen LogP contribution in [0, 0.1) is 0 Å². The molecule has 0 bridgehead atoms. The molecule has 0 spiro atoms. The molecular weight excluding hydrogens is 216 g/mol. The van der Waals surface area contributed by atoms with Crippen LogP contribution in [0.25, 0.3) is 0 Å². The fourth-order valence-corrected chi connectivity index (χ4v) is 2.29. The molecule has 96 valence electrons. The summed E-state index contributed by atoms with van der Waals surface area (Å²) < 4.78 is 1.98. The Kier molecular flexibility index (Phi) is 4.97. The molecule has 0 unspecified atom stereocenters. The molecule has 0 amide bonds. The Balaban J connectivity index is 1.71. The zero-order chi connectivity index (χ0) is 11.9. The fraction of sp³-hybridized carbons (Fsp3) is 0.750. The molecule has 5 heteroatoms. The van der Waals surface area contributed by atoms with E-state index in [1.807, 2.05) is 23.1 Å². The molecule has 0 atom stereocenters. The van der Waals surface area contributed by atoms with Crippen molar-refractivity contribution in [1.82, 2.24) is 19.6 Å². The van der Waals surface area contributed by atoms with Gasteiger partial charge >= 0.3 is 0 Å². The van der Waals surface area contributed by atoms with Gasteiger partial charge in [0.05, 0.1) is 13.2 Å². The lowest BCUT2D eigenvalue weighted by Gasteiger charge is -2.21. The second-order valence-electron chi connectivity index (χ2n) is 4.53. The van der Waals surface area contributed by atoms with Gasteiger partial charge in [-0.15, -0.1) is 0 Å². The summed E-state index contributed by atoms with van der Waals surface area (Å²) in [4.78, 5) is 4.83. The van der Waals surface area contributed by atoms with Crippen molar-refractivity contribution in [3.63, 3.8) is 0 Å². The lowest BCUT2D eigenvalue weighted by Crippen LogP contribution is -2.33. The first-order valence-corrected chi connectivity index (χ1v) is 6.41. The van der Waals surface area contributed by atoms with Gasteiger partial charge in [-0.2, -0.15) is 5.10 Å². The van der Waals surface area contributed by atoms with Crippen molar-refractivity contribution in [2.75, 3.05) is 45.9 Å². The van der Waals surface area contributed by atoms with E-state index in [-0.39, 0.29) is 6.61 Å². The molecule has 0 saturated carbocycles. The van der Waals surface area contributed by atoms with E-state index in [1.54, 1.807) is 0 Å². The van der Waals surface area contributed by atoms with Crippen molar-refractivity contribution >= 4 is 0 Å². The van der Waals surface area contributed by atoms with Crippen LogP contribution in [0.3, 0.4) is 0 Å². The summed E-state index contributed by atoms with van der Waals surface area (Å²) in [6.45, 7) is 7.55. The summed E-state index contributed by atoms with van der Waals surface area (Å²) >= 11 is 0. The molecule has 1 aliphatic rings. The molecule has 1 fully saturated rings. The third kappa shape index (κ3) is 4.11. The molecular formula is C12H22N4O. The monoisotopic (exact) mass is 238 g/mol. The summed E-state index contributed by atoms with van der Waals surface area (Å²) in [6.07, 6.45) is 5.03. The molecule has 1 N–H and O–H groups in total. The largest absolute Gasteiger partial charge is 0.395 e. The summed E-state index contributed by atoms with van der Waals surface area (Å²) in [5.74, 6) is 0. The Morgan fingerprint density at radius 2 is 1.76 bits per heavy atom. The number of rotatable bonds is 5. The van der Waals surface area contributed by atoms with Gasteiger partial charge < -0.3 is 10.0 Å². The van der Waals surface area contributed by atoms with Crippen LogP contribution in [0.4, 0.5) is 0 Å². The smallest absolute Gasteiger partial charge is 0.0558 e. The maximum absolute atomic E-state index is 8.94. The Labute approximate surface area is 103 Å². The Morgan fingerprint density at radius 1 is 1.00 bits per heavy atom. The lowest BCUT2D eigenvalue weighted by atomic mass is 10.4. The topological polar surface area (TPSA) is 44.5 Å². The van der Waals surface area contributed by atoms with E-state index in [4.69, 9.17) is 5.11 Å². The van der Waals surface area contributed by atoms with Gasteiger partial charge in [0.25, 0.3) is 0 Å². The third-order valence-corrected chi connectivity index (χ3v) is 3.30. The Hall–Kier alpha value is -0.910. The molecule has 2 heterocycles. The van der Waals surface area contributed by atoms with Gasteiger partial charge in [0, 0.05) is 38.6 Å². The number of aliphatic hydroxyl groups excluding tert-OH is 1. The van der Waals surface area contributed by atoms with Crippen LogP contribution in [0.15, 0.2) is 18.5 Å². The molecule has 0 aromatic carbocycles. The van der Waals surface area contributed by atoms with Gasteiger partial charge in [0.1, 0.15) is 0 Å². The first kappa shape index (κ1) is 12.5. The van der Waals surface area contributed by atoms with Gasteiger partial charge in [-0.3, -0.25) is 9.58 Å². The summed E-state index contributed by atoms with van der Waals surface area (Å²) in [6, 6.07) is 1.96. The molecule has 1 saturated heterocycles. The second kappa shape index (κ2) is 6.74. The van der Waals surface area contributed by atoms with E-state index in [9.17, 15) is 0 Å². The minimum absolute atomic E-state index is 0.271. The molecule has 5 nitrogen and oxygen atoms in total. The quantitative estimate of drug-likeness (QED) is 0.777. The van der Waals surface area contributed by atoms with E-state index in [1.165, 1.54) is 6.42 Å². The minimum atomic E-state index is 0.271. The SMILES string of the molecule is OCCN1CCCN(CCn2cccn2)CC1. The fourth-order valence-electron chi connectivity index (χ4n) is 2.29. The molecule has 1 aromatic rings. The van der Waals surface area contributed by atoms with Crippen molar-refractivity contribution < 1.29 is 5.11 Å². The highest BCUT2D eigenvalue weighted by Gasteiger charge is 2.13. The molecule has 17 heavy (non-hydrogen) atoms. The molecule has 1 aromatic heterocycles. The molecule has 1 aliphatic heterocycles. The zero-order valence-corrected chi connectivity index (χ0v) is 10.3. The van der Waals surface area contributed by atoms with E-state index in [2.05, 4.69) is 14.9 Å². The second-order valence-corrected chi connectivity index (χ2v) is 4.53. The highest BCUT2D eigenvalue weighted by atomic mass is 16.3. The third-order valence-electron chi connectivity index (χ3n) is 3.30. The number of hydrogen-bond acceptors (Lipinski definition) is 4. The predicted octanol–water partition coefficient (Wildman–Crippen LogP) is -0.117. The molecule has 2 rings (SSSR count). The first-order valence-electron chi connectivity index (χ1n) is 6.41.